The van der Waals surface area contributed by atoms with Crippen LogP contribution in [0.15, 0.2) is 29.4 Å². The zero-order valence-corrected chi connectivity index (χ0v) is 11.7. The second-order valence-electron chi connectivity index (χ2n) is 5.04. The maximum Gasteiger partial charge on any atom is 0.122 e. The Labute approximate surface area is 115 Å². The Morgan fingerprint density at radius 2 is 2.42 bits per heavy atom. The second kappa shape index (κ2) is 7.48. The van der Waals surface area contributed by atoms with Gasteiger partial charge in [-0.2, -0.15) is 0 Å². The molecule has 1 fully saturated rings. The third kappa shape index (κ3) is 4.82. The molecule has 1 N–H and O–H groups in total. The molecule has 0 atom stereocenters. The minimum Gasteiger partial charge on any atom is -0.468 e. The SMILES string of the molecule is C=CCN(CCOC)Cc1occc1CNC1CC1. The fourth-order valence-corrected chi connectivity index (χ4v) is 2.05. The summed E-state index contributed by atoms with van der Waals surface area (Å²) in [6, 6.07) is 2.79. The van der Waals surface area contributed by atoms with Gasteiger partial charge in [-0.25, -0.2) is 0 Å². The van der Waals surface area contributed by atoms with Crippen LogP contribution in [-0.4, -0.2) is 37.7 Å². The Morgan fingerprint density at radius 3 is 3.11 bits per heavy atom. The van der Waals surface area contributed by atoms with E-state index in [0.29, 0.717) is 0 Å². The molecule has 0 amide bonds. The number of hydrogen-bond donors (Lipinski definition) is 1. The molecule has 1 aliphatic rings. The molecule has 0 saturated heterocycles. The van der Waals surface area contributed by atoms with Gasteiger partial charge in [0.25, 0.3) is 0 Å². The summed E-state index contributed by atoms with van der Waals surface area (Å²) in [6.45, 7) is 7.98. The number of nitrogens with zero attached hydrogens (tertiary/aromatic N) is 1. The Hall–Kier alpha value is -1.10. The first-order valence-electron chi connectivity index (χ1n) is 6.94. The first-order valence-corrected chi connectivity index (χ1v) is 6.94. The van der Waals surface area contributed by atoms with Gasteiger partial charge in [-0.15, -0.1) is 6.58 Å². The molecule has 19 heavy (non-hydrogen) atoms. The van der Waals surface area contributed by atoms with Gasteiger partial charge >= 0.3 is 0 Å². The van der Waals surface area contributed by atoms with Crippen LogP contribution in [0.5, 0.6) is 0 Å². The fraction of sp³-hybridized carbons (Fsp3) is 0.600. The van der Waals surface area contributed by atoms with E-state index in [-0.39, 0.29) is 0 Å². The van der Waals surface area contributed by atoms with E-state index in [2.05, 4.69) is 22.9 Å². The summed E-state index contributed by atoms with van der Waals surface area (Å²) in [5.41, 5.74) is 1.26. The highest BCUT2D eigenvalue weighted by Gasteiger charge is 2.21. The van der Waals surface area contributed by atoms with E-state index >= 15 is 0 Å². The van der Waals surface area contributed by atoms with Crippen LogP contribution in [0, 0.1) is 0 Å². The number of hydrogen-bond acceptors (Lipinski definition) is 4. The van der Waals surface area contributed by atoms with E-state index in [0.717, 1.165) is 44.6 Å². The monoisotopic (exact) mass is 264 g/mol. The number of rotatable bonds is 10. The highest BCUT2D eigenvalue weighted by molar-refractivity contribution is 5.17. The molecule has 0 unspecified atom stereocenters. The minimum atomic E-state index is 0.723. The predicted octanol–water partition coefficient (Wildman–Crippen LogP) is 2.17. The normalized spacial score (nSPS) is 15.1. The molecule has 1 saturated carbocycles. The Morgan fingerprint density at radius 1 is 1.58 bits per heavy atom. The van der Waals surface area contributed by atoms with Crippen LogP contribution in [0.25, 0.3) is 0 Å². The lowest BCUT2D eigenvalue weighted by Crippen LogP contribution is -2.27. The molecule has 0 aliphatic heterocycles. The maximum atomic E-state index is 5.62. The van der Waals surface area contributed by atoms with Crippen molar-refractivity contribution < 1.29 is 9.15 Å². The zero-order chi connectivity index (χ0) is 13.5. The molecule has 1 aromatic heterocycles. The molecule has 0 bridgehead atoms. The minimum absolute atomic E-state index is 0.723. The van der Waals surface area contributed by atoms with Gasteiger partial charge in [0.1, 0.15) is 5.76 Å². The van der Waals surface area contributed by atoms with Crippen molar-refractivity contribution in [3.05, 3.63) is 36.3 Å². The number of nitrogens with one attached hydrogen (secondary N) is 1. The highest BCUT2D eigenvalue weighted by Crippen LogP contribution is 2.20. The summed E-state index contributed by atoms with van der Waals surface area (Å²) in [4.78, 5) is 2.27. The van der Waals surface area contributed by atoms with Crippen LogP contribution < -0.4 is 5.32 Å². The summed E-state index contributed by atoms with van der Waals surface area (Å²) in [7, 11) is 1.73. The summed E-state index contributed by atoms with van der Waals surface area (Å²) >= 11 is 0. The molecule has 0 radical (unpaired) electrons. The van der Waals surface area contributed by atoms with Crippen LogP contribution in [0.1, 0.15) is 24.2 Å². The molecule has 4 heteroatoms. The topological polar surface area (TPSA) is 37.6 Å². The lowest BCUT2D eigenvalue weighted by molar-refractivity contribution is 0.146. The quantitative estimate of drug-likeness (QED) is 0.657. The van der Waals surface area contributed by atoms with Crippen molar-refractivity contribution in [3.8, 4) is 0 Å². The summed E-state index contributed by atoms with van der Waals surface area (Å²) in [5.74, 6) is 1.05. The van der Waals surface area contributed by atoms with Crippen molar-refractivity contribution in [2.45, 2.75) is 32.0 Å². The fourth-order valence-electron chi connectivity index (χ4n) is 2.05. The first-order chi connectivity index (χ1) is 9.33. The van der Waals surface area contributed by atoms with Crippen LogP contribution in [0.4, 0.5) is 0 Å². The molecule has 1 heterocycles. The van der Waals surface area contributed by atoms with E-state index in [1.54, 1.807) is 13.4 Å². The van der Waals surface area contributed by atoms with Crippen molar-refractivity contribution in [2.75, 3.05) is 26.8 Å². The second-order valence-corrected chi connectivity index (χ2v) is 5.04. The standard InChI is InChI=1S/C15H24N2O2/c1-3-7-17(8-10-18-2)12-15-13(6-9-19-15)11-16-14-4-5-14/h3,6,9,14,16H,1,4-5,7-8,10-12H2,2H3. The molecular formula is C15H24N2O2. The molecular weight excluding hydrogens is 240 g/mol. The van der Waals surface area contributed by atoms with Crippen LogP contribution in [-0.2, 0) is 17.8 Å². The number of ether oxygens (including phenoxy) is 1. The Balaban J connectivity index is 1.87. The van der Waals surface area contributed by atoms with Gasteiger partial charge in [-0.05, 0) is 18.9 Å². The van der Waals surface area contributed by atoms with Gasteiger partial charge in [0.2, 0.25) is 0 Å². The van der Waals surface area contributed by atoms with E-state index in [4.69, 9.17) is 9.15 Å². The average Bonchev–Trinajstić information content (AvgIpc) is 3.14. The molecule has 1 aliphatic carbocycles. The van der Waals surface area contributed by atoms with Crippen molar-refractivity contribution in [3.63, 3.8) is 0 Å². The lowest BCUT2D eigenvalue weighted by Gasteiger charge is -2.19. The van der Waals surface area contributed by atoms with Gasteiger partial charge in [0.05, 0.1) is 19.4 Å². The first kappa shape index (κ1) is 14.3. The smallest absolute Gasteiger partial charge is 0.122 e. The number of methoxy groups -OCH3 is 1. The third-order valence-electron chi connectivity index (χ3n) is 3.36. The Bertz CT molecular complexity index is 385. The van der Waals surface area contributed by atoms with Crippen LogP contribution in [0.3, 0.4) is 0 Å². The molecule has 4 nitrogen and oxygen atoms in total. The molecule has 1 aromatic rings. The largest absolute Gasteiger partial charge is 0.468 e. The highest BCUT2D eigenvalue weighted by atomic mass is 16.5. The average molecular weight is 264 g/mol. The molecule has 2 rings (SSSR count). The van der Waals surface area contributed by atoms with Gasteiger partial charge in [-0.1, -0.05) is 6.08 Å². The molecule has 106 valence electrons. The van der Waals surface area contributed by atoms with Crippen molar-refractivity contribution in [1.82, 2.24) is 10.2 Å². The summed E-state index contributed by atoms with van der Waals surface area (Å²) in [6.07, 6.45) is 6.32. The lowest BCUT2D eigenvalue weighted by atomic mass is 10.2. The van der Waals surface area contributed by atoms with E-state index in [9.17, 15) is 0 Å². The molecule has 0 aromatic carbocycles. The van der Waals surface area contributed by atoms with E-state index in [1.807, 2.05) is 6.08 Å². The van der Waals surface area contributed by atoms with Gasteiger partial charge in [-0.3, -0.25) is 4.90 Å². The zero-order valence-electron chi connectivity index (χ0n) is 11.7. The van der Waals surface area contributed by atoms with Gasteiger partial charge in [0.15, 0.2) is 0 Å². The Kier molecular flexibility index (Phi) is 5.63. The van der Waals surface area contributed by atoms with Gasteiger partial charge < -0.3 is 14.5 Å². The van der Waals surface area contributed by atoms with Crippen LogP contribution in [0.2, 0.25) is 0 Å². The van der Waals surface area contributed by atoms with Crippen molar-refractivity contribution >= 4 is 0 Å². The van der Waals surface area contributed by atoms with Crippen molar-refractivity contribution in [1.29, 1.82) is 0 Å². The number of furan rings is 1. The van der Waals surface area contributed by atoms with E-state index in [1.165, 1.54) is 18.4 Å². The summed E-state index contributed by atoms with van der Waals surface area (Å²) in [5, 5.41) is 3.52. The summed E-state index contributed by atoms with van der Waals surface area (Å²) < 4.78 is 10.8. The van der Waals surface area contributed by atoms with E-state index < -0.39 is 0 Å². The van der Waals surface area contributed by atoms with Crippen LogP contribution >= 0.6 is 0 Å². The predicted molar refractivity (Wildman–Crippen MR) is 75.9 cm³/mol. The molecule has 0 spiro atoms. The van der Waals surface area contributed by atoms with Crippen molar-refractivity contribution in [2.24, 2.45) is 0 Å². The maximum absolute atomic E-state index is 5.62. The van der Waals surface area contributed by atoms with Gasteiger partial charge in [0, 0.05) is 38.3 Å². The third-order valence-corrected chi connectivity index (χ3v) is 3.36.